The number of H-pyrrole nitrogens is 1. The van der Waals surface area contributed by atoms with E-state index in [9.17, 15) is 4.79 Å². The molecular formula is C20H14ClN3O. The summed E-state index contributed by atoms with van der Waals surface area (Å²) in [6, 6.07) is 15.5. The van der Waals surface area contributed by atoms with Gasteiger partial charge in [-0.05, 0) is 36.8 Å². The molecule has 0 aliphatic rings. The fourth-order valence-electron chi connectivity index (χ4n) is 2.77. The Morgan fingerprint density at radius 1 is 1.00 bits per heavy atom. The normalized spacial score (nSPS) is 11.0. The number of aromatic amines is 1. The first-order valence-corrected chi connectivity index (χ1v) is 8.20. The highest BCUT2D eigenvalue weighted by molar-refractivity contribution is 6.35. The number of pyridine rings is 1. The van der Waals surface area contributed by atoms with Gasteiger partial charge in [-0.3, -0.25) is 9.78 Å². The molecule has 0 spiro atoms. The summed E-state index contributed by atoms with van der Waals surface area (Å²) in [6.45, 7) is 1.54. The van der Waals surface area contributed by atoms with E-state index in [4.69, 9.17) is 11.6 Å². The molecule has 0 fully saturated rings. The van der Waals surface area contributed by atoms with Crippen LogP contribution in [0.5, 0.6) is 0 Å². The number of halogens is 1. The van der Waals surface area contributed by atoms with Crippen LogP contribution in [0.1, 0.15) is 17.3 Å². The minimum absolute atomic E-state index is 0.00238. The van der Waals surface area contributed by atoms with Gasteiger partial charge in [0, 0.05) is 29.1 Å². The monoisotopic (exact) mass is 347 g/mol. The number of ketones is 1. The molecule has 1 N–H and O–H groups in total. The maximum atomic E-state index is 11.6. The van der Waals surface area contributed by atoms with Gasteiger partial charge in [0.15, 0.2) is 5.78 Å². The fourth-order valence-corrected chi connectivity index (χ4v) is 2.99. The van der Waals surface area contributed by atoms with Crippen LogP contribution >= 0.6 is 11.6 Å². The predicted molar refractivity (Wildman–Crippen MR) is 99.8 cm³/mol. The first-order valence-electron chi connectivity index (χ1n) is 7.83. The SMILES string of the molecule is CC(=O)c1cncc(-c2cccc(-c3nc4c(Cl)cccc4[nH]3)c2)c1. The van der Waals surface area contributed by atoms with Crippen molar-refractivity contribution in [3.8, 4) is 22.5 Å². The topological polar surface area (TPSA) is 58.6 Å². The quantitative estimate of drug-likeness (QED) is 0.521. The maximum absolute atomic E-state index is 11.6. The van der Waals surface area contributed by atoms with Crippen LogP contribution < -0.4 is 0 Å². The van der Waals surface area contributed by atoms with Crippen molar-refractivity contribution < 1.29 is 4.79 Å². The van der Waals surface area contributed by atoms with Crippen LogP contribution in [-0.2, 0) is 0 Å². The van der Waals surface area contributed by atoms with E-state index in [2.05, 4.69) is 15.0 Å². The lowest BCUT2D eigenvalue weighted by molar-refractivity contribution is 0.101. The number of benzene rings is 2. The molecule has 0 saturated carbocycles. The highest BCUT2D eigenvalue weighted by atomic mass is 35.5. The number of para-hydroxylation sites is 1. The number of carbonyl (C=O) groups is 1. The Bertz CT molecular complexity index is 1100. The van der Waals surface area contributed by atoms with Crippen LogP contribution in [0, 0.1) is 0 Å². The molecule has 25 heavy (non-hydrogen) atoms. The van der Waals surface area contributed by atoms with Crippen LogP contribution in [0.4, 0.5) is 0 Å². The maximum Gasteiger partial charge on any atom is 0.161 e. The third kappa shape index (κ3) is 2.92. The van der Waals surface area contributed by atoms with E-state index in [0.717, 1.165) is 33.5 Å². The highest BCUT2D eigenvalue weighted by Gasteiger charge is 2.10. The fraction of sp³-hybridized carbons (Fsp3) is 0.0500. The number of fused-ring (bicyclic) bond motifs is 1. The Labute approximate surface area is 149 Å². The van der Waals surface area contributed by atoms with E-state index in [1.165, 1.54) is 6.92 Å². The van der Waals surface area contributed by atoms with Gasteiger partial charge >= 0.3 is 0 Å². The second-order valence-electron chi connectivity index (χ2n) is 5.82. The minimum Gasteiger partial charge on any atom is -0.338 e. The summed E-state index contributed by atoms with van der Waals surface area (Å²) in [5, 5.41) is 0.620. The third-order valence-electron chi connectivity index (χ3n) is 4.08. The first kappa shape index (κ1) is 15.5. The summed E-state index contributed by atoms with van der Waals surface area (Å²) in [6.07, 6.45) is 3.33. The average molecular weight is 348 g/mol. The molecule has 0 unspecified atom stereocenters. The Morgan fingerprint density at radius 3 is 2.60 bits per heavy atom. The zero-order valence-electron chi connectivity index (χ0n) is 13.5. The number of nitrogens with zero attached hydrogens (tertiary/aromatic N) is 2. The van der Waals surface area contributed by atoms with Crippen LogP contribution in [-0.4, -0.2) is 20.7 Å². The van der Waals surface area contributed by atoms with Crippen molar-refractivity contribution in [1.82, 2.24) is 15.0 Å². The summed E-state index contributed by atoms with van der Waals surface area (Å²) in [5.41, 5.74) is 5.05. The van der Waals surface area contributed by atoms with E-state index < -0.39 is 0 Å². The van der Waals surface area contributed by atoms with Crippen LogP contribution in [0.2, 0.25) is 5.02 Å². The number of carbonyl (C=O) groups excluding carboxylic acids is 1. The molecule has 4 rings (SSSR count). The molecule has 2 aromatic heterocycles. The van der Waals surface area contributed by atoms with E-state index in [1.807, 2.05) is 48.5 Å². The van der Waals surface area contributed by atoms with Gasteiger partial charge in [-0.15, -0.1) is 0 Å². The molecule has 0 atom stereocenters. The second kappa shape index (κ2) is 6.15. The number of rotatable bonds is 3. The summed E-state index contributed by atoms with van der Waals surface area (Å²) in [4.78, 5) is 23.7. The van der Waals surface area contributed by atoms with E-state index in [1.54, 1.807) is 12.4 Å². The van der Waals surface area contributed by atoms with Crippen molar-refractivity contribution in [3.63, 3.8) is 0 Å². The van der Waals surface area contributed by atoms with Gasteiger partial charge in [0.1, 0.15) is 11.3 Å². The molecule has 0 saturated heterocycles. The van der Waals surface area contributed by atoms with Crippen LogP contribution in [0.3, 0.4) is 0 Å². The Hall–Kier alpha value is -2.98. The standard InChI is InChI=1S/C20H14ClN3O/c1-12(25)15-9-16(11-22-10-15)13-4-2-5-14(8-13)20-23-18-7-3-6-17(21)19(18)24-20/h2-11H,1H3,(H,23,24). The van der Waals surface area contributed by atoms with Gasteiger partial charge in [-0.1, -0.05) is 35.9 Å². The van der Waals surface area contributed by atoms with Crippen molar-refractivity contribution in [2.24, 2.45) is 0 Å². The van der Waals surface area contributed by atoms with Gasteiger partial charge in [0.25, 0.3) is 0 Å². The molecule has 122 valence electrons. The lowest BCUT2D eigenvalue weighted by atomic mass is 10.0. The molecule has 2 aromatic carbocycles. The van der Waals surface area contributed by atoms with Gasteiger partial charge in [0.05, 0.1) is 10.5 Å². The van der Waals surface area contributed by atoms with E-state index in [-0.39, 0.29) is 5.78 Å². The first-order chi connectivity index (χ1) is 12.1. The number of imidazole rings is 1. The number of hydrogen-bond donors (Lipinski definition) is 1. The van der Waals surface area contributed by atoms with Gasteiger partial charge < -0.3 is 4.98 Å². The lowest BCUT2D eigenvalue weighted by Crippen LogP contribution is -1.93. The van der Waals surface area contributed by atoms with Crippen molar-refractivity contribution in [1.29, 1.82) is 0 Å². The zero-order chi connectivity index (χ0) is 17.4. The van der Waals surface area contributed by atoms with Crippen molar-refractivity contribution in [2.75, 3.05) is 0 Å². The predicted octanol–water partition coefficient (Wildman–Crippen LogP) is 5.15. The van der Waals surface area contributed by atoms with Crippen molar-refractivity contribution in [3.05, 3.63) is 71.5 Å². The van der Waals surface area contributed by atoms with Gasteiger partial charge in [-0.25, -0.2) is 4.98 Å². The molecule has 4 aromatic rings. The largest absolute Gasteiger partial charge is 0.338 e. The molecule has 0 aliphatic heterocycles. The Balaban J connectivity index is 1.80. The van der Waals surface area contributed by atoms with Crippen LogP contribution in [0.25, 0.3) is 33.5 Å². The summed E-state index contributed by atoms with van der Waals surface area (Å²) >= 11 is 6.21. The van der Waals surface area contributed by atoms with E-state index >= 15 is 0 Å². The molecule has 5 heteroatoms. The molecular weight excluding hydrogens is 334 g/mol. The second-order valence-corrected chi connectivity index (χ2v) is 6.23. The van der Waals surface area contributed by atoms with Gasteiger partial charge in [0.2, 0.25) is 0 Å². The number of aromatic nitrogens is 3. The third-order valence-corrected chi connectivity index (χ3v) is 4.38. The number of Topliss-reactive ketones (excluding diaryl/α,β-unsaturated/α-hetero) is 1. The summed E-state index contributed by atoms with van der Waals surface area (Å²) in [5.74, 6) is 0.748. The summed E-state index contributed by atoms with van der Waals surface area (Å²) < 4.78 is 0. The number of hydrogen-bond acceptors (Lipinski definition) is 3. The molecule has 2 heterocycles. The molecule has 4 nitrogen and oxygen atoms in total. The van der Waals surface area contributed by atoms with Crippen molar-refractivity contribution >= 4 is 28.4 Å². The van der Waals surface area contributed by atoms with Crippen molar-refractivity contribution in [2.45, 2.75) is 6.92 Å². The molecule has 0 aliphatic carbocycles. The molecule has 0 amide bonds. The van der Waals surface area contributed by atoms with Crippen LogP contribution in [0.15, 0.2) is 60.9 Å². The molecule has 0 radical (unpaired) electrons. The Morgan fingerprint density at radius 2 is 1.80 bits per heavy atom. The smallest absolute Gasteiger partial charge is 0.161 e. The summed E-state index contributed by atoms with van der Waals surface area (Å²) in [7, 11) is 0. The Kier molecular flexibility index (Phi) is 3.82. The average Bonchev–Trinajstić information content (AvgIpc) is 3.08. The van der Waals surface area contributed by atoms with Gasteiger partial charge in [-0.2, -0.15) is 0 Å². The molecule has 0 bridgehead atoms. The highest BCUT2D eigenvalue weighted by Crippen LogP contribution is 2.28. The minimum atomic E-state index is -0.00238. The number of nitrogens with one attached hydrogen (secondary N) is 1. The van der Waals surface area contributed by atoms with E-state index in [0.29, 0.717) is 10.6 Å². The zero-order valence-corrected chi connectivity index (χ0v) is 14.2. The lowest BCUT2D eigenvalue weighted by Gasteiger charge is -2.05.